The molecule has 0 fully saturated rings. The average molecular weight is 272 g/mol. The number of carbonyl (C=O) groups is 1. The van der Waals surface area contributed by atoms with Gasteiger partial charge in [-0.25, -0.2) is 9.48 Å². The Balaban J connectivity index is 2.03. The van der Waals surface area contributed by atoms with Crippen molar-refractivity contribution in [3.63, 3.8) is 0 Å². The number of benzene rings is 1. The predicted molar refractivity (Wildman–Crippen MR) is 71.4 cm³/mol. The first-order valence-corrected chi connectivity index (χ1v) is 6.77. The van der Waals surface area contributed by atoms with Crippen LogP contribution in [0.2, 0.25) is 0 Å². The number of hydrogen-bond acceptors (Lipinski definition) is 4. The molecule has 2 unspecified atom stereocenters. The van der Waals surface area contributed by atoms with Crippen LogP contribution in [-0.4, -0.2) is 31.3 Å². The Hall–Kier alpha value is -2.24. The summed E-state index contributed by atoms with van der Waals surface area (Å²) in [5.41, 5.74) is 2.52. The average Bonchev–Trinajstić information content (AvgIpc) is 2.94. The summed E-state index contributed by atoms with van der Waals surface area (Å²) in [6, 6.07) is 7.49. The van der Waals surface area contributed by atoms with Crippen LogP contribution in [0.25, 0.3) is 0 Å². The smallest absolute Gasteiger partial charge is 0.328 e. The van der Waals surface area contributed by atoms with Gasteiger partial charge in [0.1, 0.15) is 6.04 Å². The Labute approximate surface area is 116 Å². The van der Waals surface area contributed by atoms with E-state index in [1.54, 1.807) is 6.92 Å². The van der Waals surface area contributed by atoms with Crippen molar-refractivity contribution in [3.8, 4) is 0 Å². The van der Waals surface area contributed by atoms with Crippen molar-refractivity contribution in [1.82, 2.24) is 20.2 Å². The van der Waals surface area contributed by atoms with Crippen molar-refractivity contribution in [2.75, 3.05) is 0 Å². The second-order valence-corrected chi connectivity index (χ2v) is 5.14. The molecule has 1 heterocycles. The molecule has 1 aromatic carbocycles. The van der Waals surface area contributed by atoms with Gasteiger partial charge in [-0.05, 0) is 47.7 Å². The molecule has 0 saturated heterocycles. The topological polar surface area (TPSA) is 80.9 Å². The van der Waals surface area contributed by atoms with Crippen molar-refractivity contribution >= 4 is 5.97 Å². The lowest BCUT2D eigenvalue weighted by molar-refractivity contribution is -0.140. The molecule has 0 bridgehead atoms. The second-order valence-electron chi connectivity index (χ2n) is 5.14. The van der Waals surface area contributed by atoms with E-state index < -0.39 is 12.0 Å². The van der Waals surface area contributed by atoms with Crippen LogP contribution in [0.4, 0.5) is 0 Å². The van der Waals surface area contributed by atoms with Gasteiger partial charge in [0.15, 0.2) is 5.82 Å². The monoisotopic (exact) mass is 272 g/mol. The minimum atomic E-state index is -0.928. The predicted octanol–water partition coefficient (Wildman–Crippen LogP) is 1.79. The highest BCUT2D eigenvalue weighted by Gasteiger charge is 2.29. The third-order valence-corrected chi connectivity index (χ3v) is 3.92. The molecule has 104 valence electrons. The highest BCUT2D eigenvalue weighted by Crippen LogP contribution is 2.35. The molecule has 0 radical (unpaired) electrons. The minimum absolute atomic E-state index is 0.0803. The van der Waals surface area contributed by atoms with Crippen LogP contribution in [0.5, 0.6) is 0 Å². The molecular weight excluding hydrogens is 256 g/mol. The number of rotatable bonds is 3. The van der Waals surface area contributed by atoms with E-state index in [-0.39, 0.29) is 5.92 Å². The van der Waals surface area contributed by atoms with Gasteiger partial charge in [0.05, 0.1) is 0 Å². The zero-order valence-corrected chi connectivity index (χ0v) is 11.2. The summed E-state index contributed by atoms with van der Waals surface area (Å²) in [5.74, 6) is -0.202. The maximum Gasteiger partial charge on any atom is 0.328 e. The van der Waals surface area contributed by atoms with Crippen molar-refractivity contribution in [2.45, 2.75) is 38.1 Å². The molecule has 1 aromatic heterocycles. The van der Waals surface area contributed by atoms with Gasteiger partial charge in [0.25, 0.3) is 0 Å². The first-order valence-electron chi connectivity index (χ1n) is 6.77. The molecule has 1 aliphatic carbocycles. The quantitative estimate of drug-likeness (QED) is 0.921. The third kappa shape index (κ3) is 2.07. The minimum Gasteiger partial charge on any atom is -0.480 e. The lowest BCUT2D eigenvalue weighted by Gasteiger charge is -2.25. The number of aryl methyl sites for hydroxylation is 1. The van der Waals surface area contributed by atoms with E-state index in [1.165, 1.54) is 15.8 Å². The number of carboxylic acids is 1. The Kier molecular flexibility index (Phi) is 3.22. The summed E-state index contributed by atoms with van der Waals surface area (Å²) in [7, 11) is 0. The molecule has 2 atom stereocenters. The van der Waals surface area contributed by atoms with Gasteiger partial charge in [-0.15, -0.1) is 5.10 Å². The molecule has 1 aliphatic rings. The molecule has 20 heavy (non-hydrogen) atoms. The van der Waals surface area contributed by atoms with Crippen LogP contribution < -0.4 is 0 Å². The molecule has 6 nitrogen and oxygen atoms in total. The van der Waals surface area contributed by atoms with Crippen molar-refractivity contribution in [2.24, 2.45) is 0 Å². The zero-order valence-electron chi connectivity index (χ0n) is 11.2. The van der Waals surface area contributed by atoms with Crippen LogP contribution in [0.3, 0.4) is 0 Å². The summed E-state index contributed by atoms with van der Waals surface area (Å²) in [4.78, 5) is 11.2. The standard InChI is InChI=1S/C14H16N4O2/c1-9(14(19)20)18-13(15-16-17-18)12-8-4-6-10-5-2-3-7-11(10)12/h2-3,5,7,9,12H,4,6,8H2,1H3,(H,19,20). The largest absolute Gasteiger partial charge is 0.480 e. The number of aliphatic carboxylic acids is 1. The fraction of sp³-hybridized carbons (Fsp3) is 0.429. The Morgan fingerprint density at radius 2 is 2.25 bits per heavy atom. The molecule has 1 N–H and O–H groups in total. The zero-order chi connectivity index (χ0) is 14.1. The number of aromatic nitrogens is 4. The van der Waals surface area contributed by atoms with Crippen molar-refractivity contribution in [3.05, 3.63) is 41.2 Å². The highest BCUT2D eigenvalue weighted by molar-refractivity contribution is 5.71. The summed E-state index contributed by atoms with van der Waals surface area (Å²) >= 11 is 0. The van der Waals surface area contributed by atoms with E-state index >= 15 is 0 Å². The molecule has 0 saturated carbocycles. The molecule has 0 amide bonds. The van der Waals surface area contributed by atoms with Crippen LogP contribution in [-0.2, 0) is 11.2 Å². The van der Waals surface area contributed by atoms with Gasteiger partial charge >= 0.3 is 5.97 Å². The fourth-order valence-electron chi connectivity index (χ4n) is 2.83. The first kappa shape index (κ1) is 12.8. The Bertz CT molecular complexity index is 638. The molecule has 0 spiro atoms. The summed E-state index contributed by atoms with van der Waals surface area (Å²) in [5, 5.41) is 20.8. The number of fused-ring (bicyclic) bond motifs is 1. The maximum atomic E-state index is 11.2. The van der Waals surface area contributed by atoms with Crippen LogP contribution >= 0.6 is 0 Å². The number of carboxylic acid groups (broad SMARTS) is 1. The highest BCUT2D eigenvalue weighted by atomic mass is 16.4. The SMILES string of the molecule is CC(C(=O)O)n1nnnc1C1CCCc2ccccc21. The maximum absolute atomic E-state index is 11.2. The Morgan fingerprint density at radius 3 is 3.05 bits per heavy atom. The van der Waals surface area contributed by atoms with Gasteiger partial charge < -0.3 is 5.11 Å². The summed E-state index contributed by atoms with van der Waals surface area (Å²) in [6.45, 7) is 1.59. The van der Waals surface area contributed by atoms with E-state index in [4.69, 9.17) is 5.11 Å². The van der Waals surface area contributed by atoms with E-state index in [1.807, 2.05) is 12.1 Å². The Morgan fingerprint density at radius 1 is 1.45 bits per heavy atom. The summed E-state index contributed by atoms with van der Waals surface area (Å²) in [6.07, 6.45) is 3.07. The normalized spacial score (nSPS) is 19.4. The molecule has 0 aliphatic heterocycles. The fourth-order valence-corrected chi connectivity index (χ4v) is 2.83. The molecule has 3 rings (SSSR count). The van der Waals surface area contributed by atoms with E-state index in [9.17, 15) is 4.79 Å². The van der Waals surface area contributed by atoms with Crippen LogP contribution in [0.1, 0.15) is 48.7 Å². The van der Waals surface area contributed by atoms with E-state index in [0.717, 1.165) is 19.3 Å². The number of nitrogens with zero attached hydrogens (tertiary/aromatic N) is 4. The van der Waals surface area contributed by atoms with Crippen molar-refractivity contribution < 1.29 is 9.90 Å². The number of tetrazole rings is 1. The summed E-state index contributed by atoms with van der Waals surface area (Å²) < 4.78 is 1.43. The van der Waals surface area contributed by atoms with Crippen molar-refractivity contribution in [1.29, 1.82) is 0 Å². The lowest BCUT2D eigenvalue weighted by Crippen LogP contribution is -2.23. The lowest BCUT2D eigenvalue weighted by atomic mass is 9.82. The van der Waals surface area contributed by atoms with Gasteiger partial charge in [0, 0.05) is 5.92 Å². The number of hydrogen-bond donors (Lipinski definition) is 1. The first-order chi connectivity index (χ1) is 9.68. The molecule has 2 aromatic rings. The van der Waals surface area contributed by atoms with Crippen LogP contribution in [0, 0.1) is 0 Å². The van der Waals surface area contributed by atoms with Gasteiger partial charge in [-0.2, -0.15) is 0 Å². The van der Waals surface area contributed by atoms with E-state index in [0.29, 0.717) is 5.82 Å². The molecular formula is C14H16N4O2. The molecule has 6 heteroatoms. The van der Waals surface area contributed by atoms with Gasteiger partial charge in [0.2, 0.25) is 0 Å². The van der Waals surface area contributed by atoms with Gasteiger partial charge in [-0.3, -0.25) is 0 Å². The van der Waals surface area contributed by atoms with Crippen LogP contribution in [0.15, 0.2) is 24.3 Å². The van der Waals surface area contributed by atoms with Gasteiger partial charge in [-0.1, -0.05) is 24.3 Å². The second kappa shape index (κ2) is 5.03. The van der Waals surface area contributed by atoms with E-state index in [2.05, 4.69) is 27.7 Å². The third-order valence-electron chi connectivity index (χ3n) is 3.92.